The van der Waals surface area contributed by atoms with E-state index in [0.29, 0.717) is 19.4 Å². The number of carbonyl (C=O) groups is 2. The molecule has 0 rings (SSSR count). The fraction of sp³-hybridized carbons (Fsp3) is 0.923. The molecule has 0 aromatic carbocycles. The molecule has 0 bridgehead atoms. The number of carbonyl (C=O) groups excluding carboxylic acids is 1. The Bertz CT molecular complexity index is 324. The maximum Gasteiger partial charge on any atom is 0.303 e. The van der Waals surface area contributed by atoms with Gasteiger partial charge in [0, 0.05) is 40.2 Å². The lowest BCUT2D eigenvalue weighted by Crippen LogP contribution is -2.31. The Morgan fingerprint density at radius 3 is 1.53 bits per heavy atom. The molecule has 0 aromatic heterocycles. The summed E-state index contributed by atoms with van der Waals surface area (Å²) in [6.45, 7) is 12.4. The predicted octanol–water partition coefficient (Wildman–Crippen LogP) is 6.31. The summed E-state index contributed by atoms with van der Waals surface area (Å²) in [6, 6.07) is 0. The van der Waals surface area contributed by atoms with E-state index in [1.807, 2.05) is 0 Å². The number of nitrogens with zero attached hydrogens (tertiary/aromatic N) is 1. The molecule has 196 valence electrons. The minimum atomic E-state index is -0.690. The Labute approximate surface area is 200 Å². The zero-order valence-corrected chi connectivity index (χ0v) is 22.5. The van der Waals surface area contributed by atoms with Gasteiger partial charge in [0.1, 0.15) is 6.29 Å². The molecule has 0 aliphatic heterocycles. The van der Waals surface area contributed by atoms with Gasteiger partial charge >= 0.3 is 5.97 Å². The van der Waals surface area contributed by atoms with Gasteiger partial charge in [0.15, 0.2) is 0 Å². The zero-order chi connectivity index (χ0) is 25.3. The van der Waals surface area contributed by atoms with E-state index in [0.717, 1.165) is 58.0 Å². The average molecular weight is 463 g/mol. The van der Waals surface area contributed by atoms with Crippen molar-refractivity contribution in [3.05, 3.63) is 0 Å². The number of carboxylic acid groups (broad SMARTS) is 1. The molecular weight excluding hydrogens is 404 g/mol. The number of aldehydes is 1. The van der Waals surface area contributed by atoms with Crippen LogP contribution in [0.4, 0.5) is 0 Å². The molecule has 6 heteroatoms. The smallest absolute Gasteiger partial charge is 0.303 e. The van der Waals surface area contributed by atoms with Crippen LogP contribution in [0.5, 0.6) is 0 Å². The van der Waals surface area contributed by atoms with Crippen LogP contribution in [0.25, 0.3) is 0 Å². The van der Waals surface area contributed by atoms with Crippen molar-refractivity contribution in [2.24, 2.45) is 5.73 Å². The fourth-order valence-electron chi connectivity index (χ4n) is 2.75. The normalized spacial score (nSPS) is 9.62. The van der Waals surface area contributed by atoms with Gasteiger partial charge in [-0.2, -0.15) is 0 Å². The van der Waals surface area contributed by atoms with E-state index in [-0.39, 0.29) is 0 Å². The minimum Gasteiger partial charge on any atom is -0.481 e. The minimum absolute atomic E-state index is 0.298. The number of unbranched alkanes of at least 4 members (excludes halogenated alkanes) is 9. The van der Waals surface area contributed by atoms with Gasteiger partial charge in [-0.3, -0.25) is 4.79 Å². The van der Waals surface area contributed by atoms with Crippen LogP contribution >= 0.6 is 0 Å². The van der Waals surface area contributed by atoms with Gasteiger partial charge in [-0.15, -0.1) is 0 Å². The summed E-state index contributed by atoms with van der Waals surface area (Å²) in [4.78, 5) is 23.1. The third kappa shape index (κ3) is 51.6. The zero-order valence-electron chi connectivity index (χ0n) is 22.5. The Morgan fingerprint density at radius 2 is 1.16 bits per heavy atom. The van der Waals surface area contributed by atoms with E-state index >= 15 is 0 Å². The van der Waals surface area contributed by atoms with Gasteiger partial charge in [0.05, 0.1) is 0 Å². The number of methoxy groups -OCH3 is 1. The highest BCUT2D eigenvalue weighted by Crippen LogP contribution is 2.08. The molecule has 0 amide bonds. The molecule has 0 unspecified atom stereocenters. The van der Waals surface area contributed by atoms with Gasteiger partial charge in [0.25, 0.3) is 0 Å². The number of carboxylic acids is 1. The standard InChI is InChI=1S/C18H36N2O3.2C3H8.C2H6O/c19-13-16-20(14-9-5-1-2-7-11-17-21)15-10-6-3-4-8-12-18(22)23;3*1-3-2/h17H,1-16,19H2,(H,22,23);2*3H2,1-2H3;1-2H3. The molecular formula is C26H58N2O4. The summed E-state index contributed by atoms with van der Waals surface area (Å²) < 4.78 is 4.25. The molecule has 0 saturated carbocycles. The monoisotopic (exact) mass is 462 g/mol. The first-order valence-corrected chi connectivity index (χ1v) is 12.9. The molecule has 3 N–H and O–H groups in total. The largest absolute Gasteiger partial charge is 0.481 e. The number of rotatable bonds is 18. The average Bonchev–Trinajstić information content (AvgIpc) is 2.74. The summed E-state index contributed by atoms with van der Waals surface area (Å²) in [5.41, 5.74) is 5.68. The van der Waals surface area contributed by atoms with Crippen LogP contribution in [-0.4, -0.2) is 62.7 Å². The lowest BCUT2D eigenvalue weighted by Gasteiger charge is -2.21. The second-order valence-electron chi connectivity index (χ2n) is 8.09. The third-order valence-electron chi connectivity index (χ3n) is 4.11. The molecule has 0 saturated heterocycles. The van der Waals surface area contributed by atoms with Gasteiger partial charge in [-0.1, -0.05) is 79.1 Å². The summed E-state index contributed by atoms with van der Waals surface area (Å²) in [7, 11) is 3.25. The van der Waals surface area contributed by atoms with Crippen LogP contribution in [-0.2, 0) is 14.3 Å². The van der Waals surface area contributed by atoms with Crippen molar-refractivity contribution in [3.63, 3.8) is 0 Å². The van der Waals surface area contributed by atoms with E-state index in [2.05, 4.69) is 37.3 Å². The van der Waals surface area contributed by atoms with E-state index in [1.165, 1.54) is 44.9 Å². The number of hydrogen-bond donors (Lipinski definition) is 2. The lowest BCUT2D eigenvalue weighted by atomic mass is 10.1. The van der Waals surface area contributed by atoms with Gasteiger partial charge in [0.2, 0.25) is 0 Å². The summed E-state index contributed by atoms with van der Waals surface area (Å²) >= 11 is 0. The number of hydrogen-bond acceptors (Lipinski definition) is 5. The highest BCUT2D eigenvalue weighted by Gasteiger charge is 2.04. The van der Waals surface area contributed by atoms with E-state index < -0.39 is 5.97 Å². The Kier molecular flexibility index (Phi) is 48.3. The topological polar surface area (TPSA) is 92.9 Å². The van der Waals surface area contributed by atoms with Gasteiger partial charge in [-0.05, 0) is 38.8 Å². The van der Waals surface area contributed by atoms with E-state index in [1.54, 1.807) is 14.2 Å². The van der Waals surface area contributed by atoms with Crippen molar-refractivity contribution < 1.29 is 19.4 Å². The molecule has 0 radical (unpaired) electrons. The van der Waals surface area contributed by atoms with Crippen LogP contribution in [0.3, 0.4) is 0 Å². The molecule has 0 aliphatic carbocycles. The van der Waals surface area contributed by atoms with Crippen LogP contribution < -0.4 is 5.73 Å². The molecule has 0 atom stereocenters. The summed E-state index contributed by atoms with van der Waals surface area (Å²) in [6.07, 6.45) is 15.6. The molecule has 0 fully saturated rings. The van der Waals surface area contributed by atoms with Crippen molar-refractivity contribution in [1.82, 2.24) is 4.90 Å². The van der Waals surface area contributed by atoms with Gasteiger partial charge < -0.3 is 25.3 Å². The molecule has 6 nitrogen and oxygen atoms in total. The van der Waals surface area contributed by atoms with Crippen molar-refractivity contribution >= 4 is 12.3 Å². The van der Waals surface area contributed by atoms with Crippen LogP contribution in [0.15, 0.2) is 0 Å². The van der Waals surface area contributed by atoms with Crippen molar-refractivity contribution in [1.29, 1.82) is 0 Å². The highest BCUT2D eigenvalue weighted by molar-refractivity contribution is 5.66. The number of ether oxygens (including phenoxy) is 1. The fourth-order valence-corrected chi connectivity index (χ4v) is 2.75. The van der Waals surface area contributed by atoms with Crippen LogP contribution in [0, 0.1) is 0 Å². The van der Waals surface area contributed by atoms with Crippen LogP contribution in [0.1, 0.15) is 118 Å². The Hall–Kier alpha value is -0.980. The quantitative estimate of drug-likeness (QED) is 0.183. The van der Waals surface area contributed by atoms with Gasteiger partial charge in [-0.25, -0.2) is 0 Å². The second-order valence-corrected chi connectivity index (χ2v) is 8.09. The van der Waals surface area contributed by atoms with Crippen molar-refractivity contribution in [3.8, 4) is 0 Å². The number of nitrogens with two attached hydrogens (primary N) is 1. The lowest BCUT2D eigenvalue weighted by molar-refractivity contribution is -0.137. The molecule has 0 spiro atoms. The molecule has 0 heterocycles. The third-order valence-corrected chi connectivity index (χ3v) is 4.11. The molecule has 32 heavy (non-hydrogen) atoms. The van der Waals surface area contributed by atoms with Crippen molar-refractivity contribution in [2.75, 3.05) is 40.4 Å². The summed E-state index contributed by atoms with van der Waals surface area (Å²) in [5.74, 6) is -0.690. The molecule has 0 aliphatic rings. The Morgan fingerprint density at radius 1 is 0.781 bits per heavy atom. The van der Waals surface area contributed by atoms with E-state index in [9.17, 15) is 9.59 Å². The highest BCUT2D eigenvalue weighted by atomic mass is 16.4. The van der Waals surface area contributed by atoms with Crippen molar-refractivity contribution in [2.45, 2.75) is 118 Å². The predicted molar refractivity (Wildman–Crippen MR) is 139 cm³/mol. The van der Waals surface area contributed by atoms with Crippen LogP contribution in [0.2, 0.25) is 0 Å². The second kappa shape index (κ2) is 40.4. The first kappa shape index (κ1) is 38.3. The van der Waals surface area contributed by atoms with E-state index in [4.69, 9.17) is 10.8 Å². The maximum absolute atomic E-state index is 10.4. The SMILES string of the molecule is CCC.CCC.COC.NCCN(CCCCCCCC=O)CCCCCCCC(=O)O. The summed E-state index contributed by atoms with van der Waals surface area (Å²) in [5, 5.41) is 8.58. The Balaban J connectivity index is -0.000000371. The first-order valence-electron chi connectivity index (χ1n) is 12.9. The maximum atomic E-state index is 10.4. The number of aliphatic carboxylic acids is 1. The first-order chi connectivity index (χ1) is 15.4. The molecule has 0 aromatic rings.